The second-order valence-electron chi connectivity index (χ2n) is 6.98. The van der Waals surface area contributed by atoms with E-state index in [1.54, 1.807) is 0 Å². The Kier molecular flexibility index (Phi) is 6.11. The van der Waals surface area contributed by atoms with Crippen molar-refractivity contribution in [3.8, 4) is 11.3 Å². The van der Waals surface area contributed by atoms with Crippen LogP contribution >= 0.6 is 23.4 Å². The van der Waals surface area contributed by atoms with Crippen LogP contribution in [0.25, 0.3) is 11.3 Å². The van der Waals surface area contributed by atoms with Crippen LogP contribution in [0, 0.1) is 0 Å². The number of aromatic nitrogens is 2. The van der Waals surface area contributed by atoms with E-state index in [9.17, 15) is 4.79 Å². The molecular formula is C22H23ClN4OS. The summed E-state index contributed by atoms with van der Waals surface area (Å²) in [5.41, 5.74) is 3.28. The summed E-state index contributed by atoms with van der Waals surface area (Å²) in [5.74, 6) is 0.565. The lowest BCUT2D eigenvalue weighted by atomic mass is 10.2. The number of carbonyl (C=O) groups excluding carboxylic acids is 1. The van der Waals surface area contributed by atoms with Crippen molar-refractivity contribution in [3.05, 3.63) is 65.8 Å². The van der Waals surface area contributed by atoms with Crippen LogP contribution in [0.4, 0.5) is 5.69 Å². The number of halogens is 1. The maximum absolute atomic E-state index is 12.7. The standard InChI is InChI=1S/C22H23ClN4OS/c1-25-20(17-7-9-18(23)10-8-17)15-24-22(25)29-16-21(28)27-13-11-26(12-14-27)19-5-3-2-4-6-19/h2-10,15H,11-14,16H2,1H3. The molecule has 1 fully saturated rings. The van der Waals surface area contributed by atoms with Crippen LogP contribution in [0.2, 0.25) is 5.02 Å². The lowest BCUT2D eigenvalue weighted by molar-refractivity contribution is -0.128. The Labute approximate surface area is 180 Å². The molecule has 150 valence electrons. The van der Waals surface area contributed by atoms with Gasteiger partial charge in [0.1, 0.15) is 0 Å². The number of para-hydroxylation sites is 1. The Morgan fingerprint density at radius 1 is 1.03 bits per heavy atom. The van der Waals surface area contributed by atoms with Gasteiger partial charge < -0.3 is 14.4 Å². The van der Waals surface area contributed by atoms with Crippen molar-refractivity contribution in [3.63, 3.8) is 0 Å². The van der Waals surface area contributed by atoms with E-state index in [1.807, 2.05) is 53.0 Å². The Balaban J connectivity index is 1.32. The smallest absolute Gasteiger partial charge is 0.233 e. The van der Waals surface area contributed by atoms with Crippen LogP contribution in [0.3, 0.4) is 0 Å². The zero-order valence-corrected chi connectivity index (χ0v) is 17.9. The highest BCUT2D eigenvalue weighted by Gasteiger charge is 2.22. The van der Waals surface area contributed by atoms with Gasteiger partial charge in [0, 0.05) is 43.9 Å². The summed E-state index contributed by atoms with van der Waals surface area (Å²) in [4.78, 5) is 21.5. The van der Waals surface area contributed by atoms with Gasteiger partial charge in [-0.3, -0.25) is 4.79 Å². The third-order valence-electron chi connectivity index (χ3n) is 5.16. The van der Waals surface area contributed by atoms with Gasteiger partial charge in [0.05, 0.1) is 17.6 Å². The number of piperazine rings is 1. The van der Waals surface area contributed by atoms with Crippen molar-refractivity contribution in [1.82, 2.24) is 14.5 Å². The predicted octanol–water partition coefficient (Wildman–Crippen LogP) is 4.18. The van der Waals surface area contributed by atoms with Gasteiger partial charge in [0.25, 0.3) is 0 Å². The number of thioether (sulfide) groups is 1. The summed E-state index contributed by atoms with van der Waals surface area (Å²) in [6.45, 7) is 3.24. The van der Waals surface area contributed by atoms with Crippen molar-refractivity contribution in [2.24, 2.45) is 7.05 Å². The molecule has 4 rings (SSSR count). The fourth-order valence-electron chi connectivity index (χ4n) is 3.49. The quantitative estimate of drug-likeness (QED) is 0.574. The minimum absolute atomic E-state index is 0.166. The van der Waals surface area contributed by atoms with E-state index in [2.05, 4.69) is 34.1 Å². The monoisotopic (exact) mass is 426 g/mol. The molecule has 2 aromatic carbocycles. The first-order chi connectivity index (χ1) is 14.1. The maximum Gasteiger partial charge on any atom is 0.233 e. The zero-order valence-electron chi connectivity index (χ0n) is 16.3. The molecular weight excluding hydrogens is 404 g/mol. The van der Waals surface area contributed by atoms with Crippen molar-refractivity contribution < 1.29 is 4.79 Å². The van der Waals surface area contributed by atoms with Gasteiger partial charge in [-0.15, -0.1) is 0 Å². The highest BCUT2D eigenvalue weighted by Crippen LogP contribution is 2.26. The highest BCUT2D eigenvalue weighted by molar-refractivity contribution is 7.99. The summed E-state index contributed by atoms with van der Waals surface area (Å²) >= 11 is 7.46. The summed E-state index contributed by atoms with van der Waals surface area (Å²) in [6, 6.07) is 18.1. The van der Waals surface area contributed by atoms with Gasteiger partial charge in [-0.2, -0.15) is 0 Å². The van der Waals surface area contributed by atoms with Crippen molar-refractivity contribution in [1.29, 1.82) is 0 Å². The number of rotatable bonds is 5. The highest BCUT2D eigenvalue weighted by atomic mass is 35.5. The normalized spacial score (nSPS) is 14.3. The number of hydrogen-bond donors (Lipinski definition) is 0. The van der Waals surface area contributed by atoms with Crippen LogP contribution < -0.4 is 4.90 Å². The van der Waals surface area contributed by atoms with Crippen LogP contribution in [0.15, 0.2) is 66.0 Å². The van der Waals surface area contributed by atoms with E-state index in [0.717, 1.165) is 42.6 Å². The summed E-state index contributed by atoms with van der Waals surface area (Å²) in [5, 5.41) is 1.55. The second-order valence-corrected chi connectivity index (χ2v) is 8.36. The Morgan fingerprint density at radius 2 is 1.72 bits per heavy atom. The molecule has 1 aliphatic heterocycles. The Morgan fingerprint density at radius 3 is 2.41 bits per heavy atom. The molecule has 1 aliphatic rings. The van der Waals surface area contributed by atoms with Crippen LogP contribution in [0.1, 0.15) is 0 Å². The first-order valence-electron chi connectivity index (χ1n) is 9.60. The third-order valence-corrected chi connectivity index (χ3v) is 6.44. The molecule has 0 bridgehead atoms. The molecule has 0 unspecified atom stereocenters. The van der Waals surface area contributed by atoms with Gasteiger partial charge in [-0.25, -0.2) is 4.98 Å². The van der Waals surface area contributed by atoms with Crippen LogP contribution in [0.5, 0.6) is 0 Å². The molecule has 5 nitrogen and oxygen atoms in total. The average Bonchev–Trinajstić information content (AvgIpc) is 3.13. The molecule has 0 radical (unpaired) electrons. The molecule has 0 N–H and O–H groups in total. The maximum atomic E-state index is 12.7. The summed E-state index contributed by atoms with van der Waals surface area (Å²) in [7, 11) is 1.97. The molecule has 0 aliphatic carbocycles. The lowest BCUT2D eigenvalue weighted by Gasteiger charge is -2.36. The number of amides is 1. The largest absolute Gasteiger partial charge is 0.368 e. The van der Waals surface area contributed by atoms with E-state index < -0.39 is 0 Å². The third kappa shape index (κ3) is 4.60. The minimum atomic E-state index is 0.166. The SMILES string of the molecule is Cn1c(-c2ccc(Cl)cc2)cnc1SCC(=O)N1CCN(c2ccccc2)CC1. The predicted molar refractivity (Wildman–Crippen MR) is 120 cm³/mol. The molecule has 1 aromatic heterocycles. The molecule has 2 heterocycles. The Bertz CT molecular complexity index is 966. The number of hydrogen-bond acceptors (Lipinski definition) is 4. The minimum Gasteiger partial charge on any atom is -0.368 e. The molecule has 0 saturated carbocycles. The number of anilines is 1. The van der Waals surface area contributed by atoms with Crippen LogP contribution in [-0.4, -0.2) is 52.3 Å². The fourth-order valence-corrected chi connectivity index (χ4v) is 4.47. The van der Waals surface area contributed by atoms with Gasteiger partial charge in [0.15, 0.2) is 5.16 Å². The number of imidazole rings is 1. The van der Waals surface area contributed by atoms with Crippen LogP contribution in [-0.2, 0) is 11.8 Å². The zero-order chi connectivity index (χ0) is 20.2. The van der Waals surface area contributed by atoms with Gasteiger partial charge in [0.2, 0.25) is 5.91 Å². The Hall–Kier alpha value is -2.44. The van der Waals surface area contributed by atoms with E-state index >= 15 is 0 Å². The second kappa shape index (κ2) is 8.93. The van der Waals surface area contributed by atoms with Crippen molar-refractivity contribution in [2.75, 3.05) is 36.8 Å². The fraction of sp³-hybridized carbons (Fsp3) is 0.273. The summed E-state index contributed by atoms with van der Waals surface area (Å²) < 4.78 is 2.02. The molecule has 0 spiro atoms. The topological polar surface area (TPSA) is 41.4 Å². The summed E-state index contributed by atoms with van der Waals surface area (Å²) in [6.07, 6.45) is 1.84. The average molecular weight is 427 g/mol. The molecule has 29 heavy (non-hydrogen) atoms. The van der Waals surface area contributed by atoms with Gasteiger partial charge in [-0.1, -0.05) is 53.7 Å². The van der Waals surface area contributed by atoms with Crippen molar-refractivity contribution >= 4 is 35.0 Å². The van der Waals surface area contributed by atoms with E-state index in [1.165, 1.54) is 17.4 Å². The number of carbonyl (C=O) groups is 1. The molecule has 1 amide bonds. The first kappa shape index (κ1) is 19.9. The van der Waals surface area contributed by atoms with Crippen molar-refractivity contribution in [2.45, 2.75) is 5.16 Å². The molecule has 7 heteroatoms. The lowest BCUT2D eigenvalue weighted by Crippen LogP contribution is -2.49. The van der Waals surface area contributed by atoms with Gasteiger partial charge in [-0.05, 0) is 29.8 Å². The number of benzene rings is 2. The van der Waals surface area contributed by atoms with E-state index in [0.29, 0.717) is 10.8 Å². The molecule has 3 aromatic rings. The molecule has 0 atom stereocenters. The van der Waals surface area contributed by atoms with E-state index in [-0.39, 0.29) is 5.91 Å². The first-order valence-corrected chi connectivity index (χ1v) is 11.0. The number of nitrogens with zero attached hydrogens (tertiary/aromatic N) is 4. The van der Waals surface area contributed by atoms with E-state index in [4.69, 9.17) is 11.6 Å². The molecule has 1 saturated heterocycles. The van der Waals surface area contributed by atoms with Gasteiger partial charge >= 0.3 is 0 Å².